The maximum atomic E-state index is 8.68. The Morgan fingerprint density at radius 3 is 2.47 bits per heavy atom. The molecule has 0 unspecified atom stereocenters. The van der Waals surface area contributed by atoms with Crippen LogP contribution in [0.3, 0.4) is 0 Å². The van der Waals surface area contributed by atoms with Gasteiger partial charge in [0.25, 0.3) is 0 Å². The van der Waals surface area contributed by atoms with Gasteiger partial charge in [-0.05, 0) is 49.8 Å². The average molecular weight is 263 g/mol. The zero-order valence-electron chi connectivity index (χ0n) is 11.3. The molecule has 0 spiro atoms. The molecule has 0 aromatic heterocycles. The van der Waals surface area contributed by atoms with Gasteiger partial charge in [-0.2, -0.15) is 0 Å². The SMILES string of the molecule is COc1ccc(CCOC2CCC(=NO)CC2)cc1. The van der Waals surface area contributed by atoms with Crippen molar-refractivity contribution >= 4 is 5.71 Å². The van der Waals surface area contributed by atoms with Crippen LogP contribution in [0.15, 0.2) is 29.4 Å². The molecule has 19 heavy (non-hydrogen) atoms. The number of nitrogens with zero attached hydrogens (tertiary/aromatic N) is 1. The highest BCUT2D eigenvalue weighted by Crippen LogP contribution is 2.19. The van der Waals surface area contributed by atoms with Crippen LogP contribution in [0.5, 0.6) is 5.75 Å². The van der Waals surface area contributed by atoms with Gasteiger partial charge in [0.2, 0.25) is 0 Å². The van der Waals surface area contributed by atoms with Crippen LogP contribution in [-0.4, -0.2) is 30.7 Å². The minimum Gasteiger partial charge on any atom is -0.497 e. The minimum atomic E-state index is 0.309. The van der Waals surface area contributed by atoms with Gasteiger partial charge in [0.05, 0.1) is 25.5 Å². The monoisotopic (exact) mass is 263 g/mol. The van der Waals surface area contributed by atoms with Gasteiger partial charge < -0.3 is 14.7 Å². The third kappa shape index (κ3) is 4.24. The minimum absolute atomic E-state index is 0.309. The van der Waals surface area contributed by atoms with Gasteiger partial charge >= 0.3 is 0 Å². The largest absolute Gasteiger partial charge is 0.497 e. The van der Waals surface area contributed by atoms with Crippen molar-refractivity contribution in [3.8, 4) is 5.75 Å². The fraction of sp³-hybridized carbons (Fsp3) is 0.533. The summed E-state index contributed by atoms with van der Waals surface area (Å²) in [4.78, 5) is 0. The first-order chi connectivity index (χ1) is 9.31. The van der Waals surface area contributed by atoms with E-state index >= 15 is 0 Å². The molecular weight excluding hydrogens is 242 g/mol. The Labute approximate surface area is 114 Å². The van der Waals surface area contributed by atoms with Crippen LogP contribution in [0.1, 0.15) is 31.2 Å². The summed E-state index contributed by atoms with van der Waals surface area (Å²) in [5.74, 6) is 0.882. The van der Waals surface area contributed by atoms with Crippen LogP contribution in [0.4, 0.5) is 0 Å². The molecule has 0 saturated heterocycles. The van der Waals surface area contributed by atoms with Crippen LogP contribution in [-0.2, 0) is 11.2 Å². The highest BCUT2D eigenvalue weighted by molar-refractivity contribution is 5.84. The highest BCUT2D eigenvalue weighted by Gasteiger charge is 2.18. The van der Waals surface area contributed by atoms with Crippen molar-refractivity contribution in [1.29, 1.82) is 0 Å². The molecule has 0 radical (unpaired) electrons. The molecule has 4 nitrogen and oxygen atoms in total. The number of hydrogen-bond acceptors (Lipinski definition) is 4. The first kappa shape index (κ1) is 13.9. The number of benzene rings is 1. The Morgan fingerprint density at radius 2 is 1.89 bits per heavy atom. The molecule has 104 valence electrons. The third-order valence-corrected chi connectivity index (χ3v) is 3.55. The highest BCUT2D eigenvalue weighted by atomic mass is 16.5. The molecule has 1 aromatic rings. The van der Waals surface area contributed by atoms with E-state index in [4.69, 9.17) is 14.7 Å². The van der Waals surface area contributed by atoms with Gasteiger partial charge in [-0.15, -0.1) is 0 Å². The van der Waals surface area contributed by atoms with E-state index in [2.05, 4.69) is 17.3 Å². The normalized spacial score (nSPS) is 19.2. The van der Waals surface area contributed by atoms with Crippen LogP contribution in [0.25, 0.3) is 0 Å². The Bertz CT molecular complexity index is 404. The van der Waals surface area contributed by atoms with E-state index in [1.165, 1.54) is 5.56 Å². The standard InChI is InChI=1S/C15H21NO3/c1-18-14-6-2-12(3-7-14)10-11-19-15-8-4-13(16-17)5-9-15/h2-3,6-7,15,17H,4-5,8-11H2,1H3. The van der Waals surface area contributed by atoms with Crippen molar-refractivity contribution in [1.82, 2.24) is 0 Å². The maximum Gasteiger partial charge on any atom is 0.118 e. The lowest BCUT2D eigenvalue weighted by Crippen LogP contribution is -2.22. The lowest BCUT2D eigenvalue weighted by Gasteiger charge is -2.22. The Hall–Kier alpha value is -1.55. The number of ether oxygens (including phenoxy) is 2. The molecule has 4 heteroatoms. The van der Waals surface area contributed by atoms with Gasteiger partial charge in [0.1, 0.15) is 5.75 Å². The van der Waals surface area contributed by atoms with Crippen molar-refractivity contribution < 1.29 is 14.7 Å². The predicted octanol–water partition coefficient (Wildman–Crippen LogP) is 3.03. The average Bonchev–Trinajstić information content (AvgIpc) is 2.49. The summed E-state index contributed by atoms with van der Waals surface area (Å²) in [6, 6.07) is 8.08. The van der Waals surface area contributed by atoms with E-state index in [0.717, 1.165) is 50.2 Å². The van der Waals surface area contributed by atoms with Crippen molar-refractivity contribution in [3.05, 3.63) is 29.8 Å². The molecule has 1 saturated carbocycles. The number of oxime groups is 1. The van der Waals surface area contributed by atoms with Crippen molar-refractivity contribution in [2.75, 3.05) is 13.7 Å². The quantitative estimate of drug-likeness (QED) is 0.656. The molecule has 0 heterocycles. The predicted molar refractivity (Wildman–Crippen MR) is 74.1 cm³/mol. The second-order valence-corrected chi connectivity index (χ2v) is 4.83. The summed E-state index contributed by atoms with van der Waals surface area (Å²) in [6.45, 7) is 0.739. The van der Waals surface area contributed by atoms with E-state index in [9.17, 15) is 0 Å². The van der Waals surface area contributed by atoms with E-state index in [1.54, 1.807) is 7.11 Å². The summed E-state index contributed by atoms with van der Waals surface area (Å²) in [5, 5.41) is 12.0. The van der Waals surface area contributed by atoms with Crippen molar-refractivity contribution in [3.63, 3.8) is 0 Å². The fourth-order valence-corrected chi connectivity index (χ4v) is 2.33. The second-order valence-electron chi connectivity index (χ2n) is 4.83. The molecule has 1 fully saturated rings. The molecule has 1 N–H and O–H groups in total. The van der Waals surface area contributed by atoms with Crippen LogP contribution < -0.4 is 4.74 Å². The number of methoxy groups -OCH3 is 1. The molecule has 1 aliphatic carbocycles. The molecule has 0 aliphatic heterocycles. The van der Waals surface area contributed by atoms with Crippen LogP contribution in [0, 0.1) is 0 Å². The Morgan fingerprint density at radius 1 is 1.21 bits per heavy atom. The lowest BCUT2D eigenvalue weighted by molar-refractivity contribution is 0.0418. The van der Waals surface area contributed by atoms with Gasteiger partial charge in [-0.25, -0.2) is 0 Å². The van der Waals surface area contributed by atoms with Crippen molar-refractivity contribution in [2.45, 2.75) is 38.2 Å². The smallest absolute Gasteiger partial charge is 0.118 e. The van der Waals surface area contributed by atoms with Gasteiger partial charge in [-0.1, -0.05) is 17.3 Å². The van der Waals surface area contributed by atoms with Crippen molar-refractivity contribution in [2.24, 2.45) is 5.16 Å². The summed E-state index contributed by atoms with van der Waals surface area (Å²) in [5.41, 5.74) is 2.16. The number of rotatable bonds is 5. The lowest BCUT2D eigenvalue weighted by atomic mass is 9.96. The fourth-order valence-electron chi connectivity index (χ4n) is 2.33. The topological polar surface area (TPSA) is 51.0 Å². The molecule has 0 amide bonds. The molecular formula is C15H21NO3. The molecule has 2 rings (SSSR count). The first-order valence-corrected chi connectivity index (χ1v) is 6.76. The summed E-state index contributed by atoms with van der Waals surface area (Å²) >= 11 is 0. The summed E-state index contributed by atoms with van der Waals surface area (Å²) < 4.78 is 11.0. The zero-order valence-corrected chi connectivity index (χ0v) is 11.3. The first-order valence-electron chi connectivity index (χ1n) is 6.76. The van der Waals surface area contributed by atoms with E-state index < -0.39 is 0 Å². The van der Waals surface area contributed by atoms with Gasteiger partial charge in [-0.3, -0.25) is 0 Å². The second kappa shape index (κ2) is 7.14. The molecule has 1 aromatic carbocycles. The molecule has 0 bridgehead atoms. The Balaban J connectivity index is 1.69. The Kier molecular flexibility index (Phi) is 5.21. The van der Waals surface area contributed by atoms with E-state index in [0.29, 0.717) is 6.10 Å². The van der Waals surface area contributed by atoms with E-state index in [-0.39, 0.29) is 0 Å². The van der Waals surface area contributed by atoms with Crippen LogP contribution in [0.2, 0.25) is 0 Å². The van der Waals surface area contributed by atoms with E-state index in [1.807, 2.05) is 12.1 Å². The van der Waals surface area contributed by atoms with Gasteiger partial charge in [0, 0.05) is 0 Å². The summed E-state index contributed by atoms with van der Waals surface area (Å²) in [6.07, 6.45) is 4.85. The molecule has 0 atom stereocenters. The van der Waals surface area contributed by atoms with Crippen LogP contribution >= 0.6 is 0 Å². The third-order valence-electron chi connectivity index (χ3n) is 3.55. The maximum absolute atomic E-state index is 8.68. The number of hydrogen-bond donors (Lipinski definition) is 1. The van der Waals surface area contributed by atoms with Gasteiger partial charge in [0.15, 0.2) is 0 Å². The molecule has 1 aliphatic rings. The zero-order chi connectivity index (χ0) is 13.5. The summed E-state index contributed by atoms with van der Waals surface area (Å²) in [7, 11) is 1.67.